The number of fused-ring (bicyclic) bond motifs is 3. The van der Waals surface area contributed by atoms with Crippen molar-refractivity contribution >= 4 is 5.97 Å². The minimum Gasteiger partial charge on any atom is -0.481 e. The molecule has 3 N–H and O–H groups in total. The number of hydrogen-bond acceptors (Lipinski definition) is 7. The van der Waals surface area contributed by atoms with E-state index >= 15 is 0 Å². The van der Waals surface area contributed by atoms with E-state index in [9.17, 15) is 15.2 Å². The molecule has 266 valence electrons. The van der Waals surface area contributed by atoms with E-state index in [1.165, 1.54) is 5.57 Å². The molecule has 12 atom stereocenters. The summed E-state index contributed by atoms with van der Waals surface area (Å²) in [4.78, 5) is 13.4. The van der Waals surface area contributed by atoms with Crippen molar-refractivity contribution in [1.29, 1.82) is 5.26 Å². The third-order valence-electron chi connectivity index (χ3n) is 16.0. The number of allylic oxidation sites excluding steroid dienone is 1. The Bertz CT molecular complexity index is 1490. The van der Waals surface area contributed by atoms with E-state index in [4.69, 9.17) is 15.2 Å². The number of ether oxygens (including phenoxy) is 2. The first kappa shape index (κ1) is 35.5. The Kier molecular flexibility index (Phi) is 8.61. The van der Waals surface area contributed by atoms with Gasteiger partial charge in [0, 0.05) is 16.4 Å². The Morgan fingerprint density at radius 1 is 1.17 bits per heavy atom. The zero-order valence-electron chi connectivity index (χ0n) is 31.2. The second-order valence-corrected chi connectivity index (χ2v) is 18.7. The van der Waals surface area contributed by atoms with Gasteiger partial charge >= 0.3 is 5.97 Å². The van der Waals surface area contributed by atoms with Crippen molar-refractivity contribution in [2.75, 3.05) is 19.8 Å². The Morgan fingerprint density at radius 3 is 2.50 bits per heavy atom. The molecule has 0 aromatic carbocycles. The van der Waals surface area contributed by atoms with Gasteiger partial charge < -0.3 is 20.3 Å². The number of nitrogens with zero attached hydrogens (tertiary/aromatic N) is 4. The molecule has 2 heterocycles. The molecule has 1 aliphatic heterocycles. The molecule has 4 fully saturated rings. The predicted molar refractivity (Wildman–Crippen MR) is 185 cm³/mol. The monoisotopic (exact) mass is 663 g/mol. The lowest BCUT2D eigenvalue weighted by molar-refractivity contribution is -0.251. The van der Waals surface area contributed by atoms with Crippen molar-refractivity contribution in [3.05, 3.63) is 23.8 Å². The number of carboxylic acid groups (broad SMARTS) is 1. The van der Waals surface area contributed by atoms with E-state index in [2.05, 4.69) is 91.6 Å². The molecule has 2 bridgehead atoms. The Labute approximate surface area is 288 Å². The van der Waals surface area contributed by atoms with Gasteiger partial charge in [-0.05, 0) is 91.3 Å². The van der Waals surface area contributed by atoms with Crippen LogP contribution < -0.4 is 5.73 Å². The number of rotatable bonds is 8. The molecule has 9 nitrogen and oxygen atoms in total. The fourth-order valence-corrected chi connectivity index (χ4v) is 12.2. The summed E-state index contributed by atoms with van der Waals surface area (Å²) < 4.78 is 15.6. The third-order valence-corrected chi connectivity index (χ3v) is 16.0. The van der Waals surface area contributed by atoms with Crippen molar-refractivity contribution in [2.24, 2.45) is 68.3 Å². The molecule has 9 heteroatoms. The topological polar surface area (TPSA) is 136 Å². The van der Waals surface area contributed by atoms with Crippen molar-refractivity contribution in [3.8, 4) is 6.07 Å². The number of carbonyl (C=O) groups is 1. The lowest BCUT2D eigenvalue weighted by Crippen LogP contribution is -2.69. The van der Waals surface area contributed by atoms with Crippen LogP contribution in [0.1, 0.15) is 120 Å². The van der Waals surface area contributed by atoms with E-state index in [0.29, 0.717) is 43.4 Å². The number of carboxylic acids is 1. The molecule has 0 amide bonds. The second kappa shape index (κ2) is 11.6. The van der Waals surface area contributed by atoms with Gasteiger partial charge in [-0.1, -0.05) is 74.0 Å². The van der Waals surface area contributed by atoms with Crippen molar-refractivity contribution in [1.82, 2.24) is 14.8 Å². The zero-order chi connectivity index (χ0) is 35.2. The van der Waals surface area contributed by atoms with Crippen LogP contribution >= 0.6 is 0 Å². The van der Waals surface area contributed by atoms with Gasteiger partial charge in [0.1, 0.15) is 12.4 Å². The lowest BCUT2D eigenvalue weighted by atomic mass is 9.34. The number of hydrogen-bond donors (Lipinski definition) is 2. The molecule has 0 spiro atoms. The molecule has 5 aliphatic rings. The van der Waals surface area contributed by atoms with Crippen LogP contribution in [0.3, 0.4) is 0 Å². The zero-order valence-corrected chi connectivity index (χ0v) is 31.2. The third kappa shape index (κ3) is 4.74. The average molecular weight is 664 g/mol. The van der Waals surface area contributed by atoms with Crippen LogP contribution in [-0.2, 0) is 14.3 Å². The number of aromatic nitrogens is 3. The number of nitriles is 1. The highest BCUT2D eigenvalue weighted by Crippen LogP contribution is 2.75. The van der Waals surface area contributed by atoms with Crippen LogP contribution in [0, 0.1) is 73.9 Å². The molecule has 1 aromatic rings. The van der Waals surface area contributed by atoms with Crippen molar-refractivity contribution < 1.29 is 19.4 Å². The summed E-state index contributed by atoms with van der Waals surface area (Å²) in [6, 6.07) is 2.11. The van der Waals surface area contributed by atoms with Gasteiger partial charge in [0.05, 0.1) is 37.9 Å². The first-order chi connectivity index (χ1) is 22.3. The van der Waals surface area contributed by atoms with Gasteiger partial charge in [-0.25, -0.2) is 0 Å². The van der Waals surface area contributed by atoms with Crippen LogP contribution in [-0.4, -0.2) is 57.3 Å². The molecule has 48 heavy (non-hydrogen) atoms. The molecule has 1 aromatic heterocycles. The van der Waals surface area contributed by atoms with E-state index < -0.39 is 17.4 Å². The highest BCUT2D eigenvalue weighted by molar-refractivity contribution is 5.73. The maximum atomic E-state index is 13.4. The van der Waals surface area contributed by atoms with Gasteiger partial charge in [-0.2, -0.15) is 5.26 Å². The normalized spacial score (nSPS) is 44.1. The molecule has 4 aliphatic carbocycles. The summed E-state index contributed by atoms with van der Waals surface area (Å²) in [5.41, 5.74) is 6.31. The lowest BCUT2D eigenvalue weighted by Gasteiger charge is -2.71. The minimum absolute atomic E-state index is 0.167. The van der Waals surface area contributed by atoms with Crippen LogP contribution in [0.4, 0.5) is 0 Å². The maximum Gasteiger partial charge on any atom is 0.307 e. The van der Waals surface area contributed by atoms with Crippen LogP contribution in [0.25, 0.3) is 0 Å². The van der Waals surface area contributed by atoms with Gasteiger partial charge in [-0.3, -0.25) is 9.36 Å². The summed E-state index contributed by atoms with van der Waals surface area (Å²) in [5.74, 6) is 0.755. The molecule has 1 saturated heterocycles. The molecular weight excluding hydrogens is 602 g/mol. The predicted octanol–water partition coefficient (Wildman–Crippen LogP) is 7.04. The van der Waals surface area contributed by atoms with Crippen molar-refractivity contribution in [3.63, 3.8) is 0 Å². The van der Waals surface area contributed by atoms with Gasteiger partial charge in [-0.15, -0.1) is 10.2 Å². The summed E-state index contributed by atoms with van der Waals surface area (Å²) in [5, 5.41) is 29.5. The second-order valence-electron chi connectivity index (χ2n) is 18.7. The quantitative estimate of drug-likeness (QED) is 0.283. The van der Waals surface area contributed by atoms with Crippen LogP contribution in [0.15, 0.2) is 18.0 Å². The Balaban J connectivity index is 1.46. The molecule has 0 radical (unpaired) electrons. The van der Waals surface area contributed by atoms with Crippen LogP contribution in [0.2, 0.25) is 0 Å². The van der Waals surface area contributed by atoms with Gasteiger partial charge in [0.15, 0.2) is 0 Å². The first-order valence-corrected chi connectivity index (χ1v) is 18.6. The Hall–Kier alpha value is -2.28. The summed E-state index contributed by atoms with van der Waals surface area (Å²) in [7, 11) is 0. The van der Waals surface area contributed by atoms with E-state index in [1.807, 2.05) is 4.57 Å². The fourth-order valence-electron chi connectivity index (χ4n) is 12.2. The number of aliphatic carboxylic acids is 1. The van der Waals surface area contributed by atoms with Gasteiger partial charge in [0.2, 0.25) is 5.82 Å². The van der Waals surface area contributed by atoms with Crippen molar-refractivity contribution in [2.45, 2.75) is 125 Å². The van der Waals surface area contributed by atoms with E-state index in [0.717, 1.165) is 38.5 Å². The van der Waals surface area contributed by atoms with E-state index in [1.54, 1.807) is 6.33 Å². The molecule has 6 rings (SSSR count). The molecule has 1 unspecified atom stereocenters. The average Bonchev–Trinajstić information content (AvgIpc) is 3.49. The standard InChI is InChI=1S/C39H61N5O4/c1-23(2)25(5)34(6)15-16-36(8)26-11-12-29-35(7)19-47-21-39(29,27(26)13-14-37(36,9)31(34)33(45)46)17-28(44-22-42-43-30(44)18-40)32(35)48-20-38(10,41)24(3)4/h13,22-26,28-29,31-32H,11-12,14-17,19-21,41H2,1-10H3,(H,45,46)/t25-,26+,28-,29+,31-,32+,34-,35+,36-,37+,38-,39?/m1/s1. The van der Waals surface area contributed by atoms with Crippen LogP contribution in [0.5, 0.6) is 0 Å². The minimum atomic E-state index is -0.640. The highest BCUT2D eigenvalue weighted by Gasteiger charge is 2.72. The van der Waals surface area contributed by atoms with Gasteiger partial charge in [0.25, 0.3) is 0 Å². The SMILES string of the molecule is CC(C)[C@@H](C)[C@@]1(C)CC[C@]2(C)[C@H]3CC[C@@H]4C5(COC[C@]4(C)[C@@H](OC[C@@](C)(N)C(C)C)[C@H](n4cnnc4C#N)C5)C3=CC[C@@]2(C)[C@@H]1C(=O)O. The summed E-state index contributed by atoms with van der Waals surface area (Å²) >= 11 is 0. The van der Waals surface area contributed by atoms with E-state index in [-0.39, 0.29) is 51.1 Å². The highest BCUT2D eigenvalue weighted by atomic mass is 16.5. The summed E-state index contributed by atoms with van der Waals surface area (Å²) in [6.45, 7) is 24.0. The molecule has 3 saturated carbocycles. The number of nitrogens with two attached hydrogens (primary N) is 1. The Morgan fingerprint density at radius 2 is 1.88 bits per heavy atom. The first-order valence-electron chi connectivity index (χ1n) is 18.6. The largest absolute Gasteiger partial charge is 0.481 e. The molecular formula is C39H61N5O4. The maximum absolute atomic E-state index is 13.4. The smallest absolute Gasteiger partial charge is 0.307 e. The fraction of sp³-hybridized carbons (Fsp3) is 0.846. The summed E-state index contributed by atoms with van der Waals surface area (Å²) in [6.07, 6.45) is 9.45.